The predicted molar refractivity (Wildman–Crippen MR) is 138 cm³/mol. The number of esters is 1. The van der Waals surface area contributed by atoms with Gasteiger partial charge in [-0.15, -0.1) is 0 Å². The number of aryl methyl sites for hydroxylation is 2. The van der Waals surface area contributed by atoms with E-state index in [2.05, 4.69) is 21.7 Å². The topological polar surface area (TPSA) is 101 Å². The zero-order chi connectivity index (χ0) is 24.4. The fourth-order valence-corrected chi connectivity index (χ4v) is 5.19. The molecule has 0 radical (unpaired) electrons. The Kier molecular flexibility index (Phi) is 6.44. The molecule has 8 nitrogen and oxygen atoms in total. The Hall–Kier alpha value is -3.81. The summed E-state index contributed by atoms with van der Waals surface area (Å²) in [4.78, 5) is 33.1. The van der Waals surface area contributed by atoms with Gasteiger partial charge in [-0.25, -0.2) is 9.78 Å². The SMILES string of the molecule is COC(=O)c1c(NC(C)=O)c2cc(NC3CCCCC3)cnc2n1CCc1c[nH]c2ccccc12. The first-order valence-corrected chi connectivity index (χ1v) is 12.2. The summed E-state index contributed by atoms with van der Waals surface area (Å²) in [6, 6.07) is 10.5. The molecule has 0 spiro atoms. The van der Waals surface area contributed by atoms with Gasteiger partial charge in [0, 0.05) is 42.0 Å². The lowest BCUT2D eigenvalue weighted by molar-refractivity contribution is -0.114. The van der Waals surface area contributed by atoms with Gasteiger partial charge in [0.15, 0.2) is 5.69 Å². The largest absolute Gasteiger partial charge is 0.464 e. The van der Waals surface area contributed by atoms with Gasteiger partial charge in [-0.05, 0) is 37.0 Å². The van der Waals surface area contributed by atoms with E-state index in [0.717, 1.165) is 40.4 Å². The smallest absolute Gasteiger partial charge is 0.356 e. The summed E-state index contributed by atoms with van der Waals surface area (Å²) in [7, 11) is 1.35. The van der Waals surface area contributed by atoms with E-state index in [1.54, 1.807) is 0 Å². The Morgan fingerprint density at radius 3 is 2.74 bits per heavy atom. The van der Waals surface area contributed by atoms with E-state index >= 15 is 0 Å². The Morgan fingerprint density at radius 1 is 1.17 bits per heavy atom. The van der Waals surface area contributed by atoms with Crippen LogP contribution in [0.25, 0.3) is 21.9 Å². The van der Waals surface area contributed by atoms with Crippen LogP contribution in [0.2, 0.25) is 0 Å². The number of ether oxygens (including phenoxy) is 1. The number of aromatic nitrogens is 3. The van der Waals surface area contributed by atoms with Gasteiger partial charge >= 0.3 is 5.97 Å². The van der Waals surface area contributed by atoms with Crippen molar-refractivity contribution in [3.8, 4) is 0 Å². The minimum absolute atomic E-state index is 0.253. The second-order valence-corrected chi connectivity index (χ2v) is 9.23. The minimum atomic E-state index is -0.507. The van der Waals surface area contributed by atoms with Crippen LogP contribution in [0.1, 0.15) is 55.1 Å². The Labute approximate surface area is 204 Å². The molecule has 3 aromatic heterocycles. The van der Waals surface area contributed by atoms with Crippen LogP contribution in [-0.4, -0.2) is 39.6 Å². The fraction of sp³-hybridized carbons (Fsp3) is 0.370. The molecule has 0 unspecified atom stereocenters. The van der Waals surface area contributed by atoms with Crippen LogP contribution in [0.3, 0.4) is 0 Å². The number of fused-ring (bicyclic) bond motifs is 2. The Bertz CT molecular complexity index is 1380. The number of anilines is 2. The summed E-state index contributed by atoms with van der Waals surface area (Å²) in [6.45, 7) is 1.94. The van der Waals surface area contributed by atoms with E-state index in [1.807, 2.05) is 41.2 Å². The quantitative estimate of drug-likeness (QED) is 0.318. The molecule has 1 aliphatic rings. The maximum atomic E-state index is 12.9. The summed E-state index contributed by atoms with van der Waals surface area (Å²) >= 11 is 0. The van der Waals surface area contributed by atoms with Crippen molar-refractivity contribution in [2.45, 2.75) is 58.0 Å². The summed E-state index contributed by atoms with van der Waals surface area (Å²) in [5, 5.41) is 8.34. The predicted octanol–water partition coefficient (Wildman–Crippen LogP) is 5.25. The number of para-hydroxylation sites is 1. The first kappa shape index (κ1) is 23.0. The summed E-state index contributed by atoms with van der Waals surface area (Å²) in [6.07, 6.45) is 10.5. The third-order valence-corrected chi connectivity index (χ3v) is 6.83. The van der Waals surface area contributed by atoms with Crippen LogP contribution >= 0.6 is 0 Å². The van der Waals surface area contributed by atoms with Crippen molar-refractivity contribution >= 4 is 45.2 Å². The molecule has 1 amide bonds. The molecule has 35 heavy (non-hydrogen) atoms. The normalized spacial score (nSPS) is 14.3. The third kappa shape index (κ3) is 4.60. The van der Waals surface area contributed by atoms with Crippen molar-refractivity contribution in [3.05, 3.63) is 54.0 Å². The number of pyridine rings is 1. The minimum Gasteiger partial charge on any atom is -0.464 e. The van der Waals surface area contributed by atoms with Crippen LogP contribution in [0.5, 0.6) is 0 Å². The highest BCUT2D eigenvalue weighted by atomic mass is 16.5. The number of hydrogen-bond acceptors (Lipinski definition) is 5. The first-order valence-electron chi connectivity index (χ1n) is 12.2. The highest BCUT2D eigenvalue weighted by molar-refractivity contribution is 6.11. The zero-order valence-electron chi connectivity index (χ0n) is 20.2. The molecule has 8 heteroatoms. The number of carbonyl (C=O) groups excluding carboxylic acids is 2. The van der Waals surface area contributed by atoms with Gasteiger partial charge in [-0.1, -0.05) is 37.5 Å². The van der Waals surface area contributed by atoms with Crippen molar-refractivity contribution in [1.29, 1.82) is 0 Å². The van der Waals surface area contributed by atoms with Gasteiger partial charge in [-0.2, -0.15) is 0 Å². The summed E-state index contributed by atoms with van der Waals surface area (Å²) in [5.74, 6) is -0.760. The van der Waals surface area contributed by atoms with E-state index in [4.69, 9.17) is 9.72 Å². The van der Waals surface area contributed by atoms with Gasteiger partial charge in [0.1, 0.15) is 5.65 Å². The van der Waals surface area contributed by atoms with Crippen molar-refractivity contribution < 1.29 is 14.3 Å². The van der Waals surface area contributed by atoms with E-state index in [9.17, 15) is 9.59 Å². The first-order chi connectivity index (χ1) is 17.0. The molecular formula is C27H31N5O3. The Morgan fingerprint density at radius 2 is 1.97 bits per heavy atom. The molecule has 182 valence electrons. The Balaban J connectivity index is 1.56. The molecular weight excluding hydrogens is 442 g/mol. The van der Waals surface area contributed by atoms with Gasteiger partial charge in [0.05, 0.1) is 24.7 Å². The molecule has 0 atom stereocenters. The lowest BCUT2D eigenvalue weighted by Gasteiger charge is -2.23. The summed E-state index contributed by atoms with van der Waals surface area (Å²) < 4.78 is 6.99. The number of nitrogens with one attached hydrogen (secondary N) is 3. The lowest BCUT2D eigenvalue weighted by Crippen LogP contribution is -2.22. The van der Waals surface area contributed by atoms with E-state index in [1.165, 1.54) is 33.3 Å². The van der Waals surface area contributed by atoms with Gasteiger partial charge < -0.3 is 24.9 Å². The van der Waals surface area contributed by atoms with Crippen LogP contribution in [0.15, 0.2) is 42.7 Å². The average molecular weight is 474 g/mol. The highest BCUT2D eigenvalue weighted by Gasteiger charge is 2.26. The number of hydrogen-bond donors (Lipinski definition) is 3. The molecule has 0 saturated heterocycles. The van der Waals surface area contributed by atoms with Crippen molar-refractivity contribution in [3.63, 3.8) is 0 Å². The molecule has 1 aromatic carbocycles. The number of nitrogens with zero attached hydrogens (tertiary/aromatic N) is 2. The van der Waals surface area contributed by atoms with E-state index in [-0.39, 0.29) is 5.91 Å². The molecule has 0 bridgehead atoms. The fourth-order valence-electron chi connectivity index (χ4n) is 5.19. The second-order valence-electron chi connectivity index (χ2n) is 9.23. The average Bonchev–Trinajstić information content (AvgIpc) is 3.41. The van der Waals surface area contributed by atoms with Crippen molar-refractivity contribution in [2.24, 2.45) is 0 Å². The molecule has 1 aliphatic carbocycles. The molecule has 4 aromatic rings. The summed E-state index contributed by atoms with van der Waals surface area (Å²) in [5.41, 5.74) is 4.50. The van der Waals surface area contributed by atoms with Gasteiger partial charge in [0.25, 0.3) is 0 Å². The van der Waals surface area contributed by atoms with Crippen LogP contribution in [0, 0.1) is 0 Å². The molecule has 1 saturated carbocycles. The van der Waals surface area contributed by atoms with Crippen LogP contribution < -0.4 is 10.6 Å². The number of H-pyrrole nitrogens is 1. The van der Waals surface area contributed by atoms with Gasteiger partial charge in [0.2, 0.25) is 5.91 Å². The standard InChI is InChI=1S/C27H31N5O3/c1-17(33)30-24-22-14-20(31-19-8-4-3-5-9-19)16-29-26(22)32(25(24)27(34)35-2)13-12-18-15-28-23-11-7-6-10-21(18)23/h6-7,10-11,14-16,19,28,31H,3-5,8-9,12-13H2,1-2H3,(H,30,33). The van der Waals surface area contributed by atoms with Crippen LogP contribution in [0.4, 0.5) is 11.4 Å². The van der Waals surface area contributed by atoms with E-state index in [0.29, 0.717) is 36.0 Å². The van der Waals surface area contributed by atoms with Crippen molar-refractivity contribution in [1.82, 2.24) is 14.5 Å². The molecule has 3 heterocycles. The molecule has 3 N–H and O–H groups in total. The second kappa shape index (κ2) is 9.82. The number of methoxy groups -OCH3 is 1. The van der Waals surface area contributed by atoms with Crippen LogP contribution in [-0.2, 0) is 22.5 Å². The molecule has 0 aliphatic heterocycles. The number of carbonyl (C=O) groups is 2. The maximum Gasteiger partial charge on any atom is 0.356 e. The number of benzene rings is 1. The lowest BCUT2D eigenvalue weighted by atomic mass is 9.95. The number of rotatable bonds is 7. The van der Waals surface area contributed by atoms with E-state index < -0.39 is 5.97 Å². The van der Waals surface area contributed by atoms with Crippen molar-refractivity contribution in [2.75, 3.05) is 17.7 Å². The zero-order valence-corrected chi connectivity index (χ0v) is 20.2. The third-order valence-electron chi connectivity index (χ3n) is 6.83. The maximum absolute atomic E-state index is 12.9. The van der Waals surface area contributed by atoms with Gasteiger partial charge in [-0.3, -0.25) is 4.79 Å². The monoisotopic (exact) mass is 473 g/mol. The highest BCUT2D eigenvalue weighted by Crippen LogP contribution is 2.34. The number of aromatic amines is 1. The molecule has 5 rings (SSSR count). The number of amides is 1. The molecule has 1 fully saturated rings.